The largest absolute Gasteiger partial charge is 0.334 e. The maximum atomic E-state index is 12.6. The Morgan fingerprint density at radius 2 is 1.88 bits per heavy atom. The summed E-state index contributed by atoms with van der Waals surface area (Å²) in [5, 5.41) is 8.27. The fraction of sp³-hybridized carbons (Fsp3) is 0.143. The number of carbonyl (C=O) groups excluding carboxylic acids is 1. The average molecular weight is 364 g/mol. The van der Waals surface area contributed by atoms with Gasteiger partial charge < -0.3 is 4.90 Å². The summed E-state index contributed by atoms with van der Waals surface area (Å²) in [4.78, 5) is 14.4. The number of nitrogens with zero attached hydrogens (tertiary/aromatic N) is 2. The van der Waals surface area contributed by atoms with Gasteiger partial charge in [-0.1, -0.05) is 54.1 Å². The molecule has 0 saturated heterocycles. The molecule has 0 atom stereocenters. The van der Waals surface area contributed by atoms with Crippen LogP contribution in [0, 0.1) is 0 Å². The minimum absolute atomic E-state index is 0.0164. The van der Waals surface area contributed by atoms with Gasteiger partial charge in [0.25, 0.3) is 0 Å². The van der Waals surface area contributed by atoms with Crippen LogP contribution in [0.1, 0.15) is 16.8 Å². The molecule has 1 aliphatic rings. The molecule has 130 valence electrons. The van der Waals surface area contributed by atoms with Gasteiger partial charge in [-0.3, -0.25) is 9.89 Å². The van der Waals surface area contributed by atoms with Crippen LogP contribution in [0.3, 0.4) is 0 Å². The molecule has 3 aromatic rings. The van der Waals surface area contributed by atoms with E-state index in [1.54, 1.807) is 6.08 Å². The highest BCUT2D eigenvalue weighted by molar-refractivity contribution is 6.30. The van der Waals surface area contributed by atoms with E-state index in [1.807, 2.05) is 65.6 Å². The number of hydrogen-bond donors (Lipinski definition) is 1. The molecule has 0 spiro atoms. The van der Waals surface area contributed by atoms with Crippen molar-refractivity contribution in [1.82, 2.24) is 15.1 Å². The Balaban J connectivity index is 1.54. The number of nitrogens with one attached hydrogen (secondary N) is 1. The number of aromatic nitrogens is 2. The van der Waals surface area contributed by atoms with Crippen molar-refractivity contribution in [2.75, 3.05) is 6.54 Å². The van der Waals surface area contributed by atoms with Crippen LogP contribution in [0.2, 0.25) is 5.02 Å². The van der Waals surface area contributed by atoms with E-state index in [1.165, 1.54) is 0 Å². The topological polar surface area (TPSA) is 49.0 Å². The molecular weight excluding hydrogens is 346 g/mol. The third-order valence-corrected chi connectivity index (χ3v) is 4.83. The van der Waals surface area contributed by atoms with Gasteiger partial charge in [0.1, 0.15) is 0 Å². The smallest absolute Gasteiger partial charge is 0.246 e. The minimum Gasteiger partial charge on any atom is -0.334 e. The average Bonchev–Trinajstić information content (AvgIpc) is 3.11. The van der Waals surface area contributed by atoms with Crippen molar-refractivity contribution >= 4 is 23.6 Å². The highest BCUT2D eigenvalue weighted by Crippen LogP contribution is 2.29. The second-order valence-electron chi connectivity index (χ2n) is 6.29. The maximum Gasteiger partial charge on any atom is 0.246 e. The van der Waals surface area contributed by atoms with Crippen LogP contribution in [-0.2, 0) is 17.8 Å². The highest BCUT2D eigenvalue weighted by atomic mass is 35.5. The van der Waals surface area contributed by atoms with E-state index >= 15 is 0 Å². The number of H-pyrrole nitrogens is 1. The van der Waals surface area contributed by atoms with Crippen LogP contribution < -0.4 is 0 Å². The van der Waals surface area contributed by atoms with Crippen molar-refractivity contribution < 1.29 is 4.79 Å². The Bertz CT molecular complexity index is 945. The Morgan fingerprint density at radius 3 is 2.65 bits per heavy atom. The summed E-state index contributed by atoms with van der Waals surface area (Å²) in [6.45, 7) is 1.25. The van der Waals surface area contributed by atoms with E-state index in [4.69, 9.17) is 11.6 Å². The number of aromatic amines is 1. The number of rotatable bonds is 3. The minimum atomic E-state index is 0.0164. The molecule has 26 heavy (non-hydrogen) atoms. The third kappa shape index (κ3) is 3.41. The number of halogens is 1. The van der Waals surface area contributed by atoms with Crippen LogP contribution in [0.25, 0.3) is 17.3 Å². The molecule has 0 unspecified atom stereocenters. The van der Waals surface area contributed by atoms with Crippen molar-refractivity contribution in [3.05, 3.63) is 82.5 Å². The van der Waals surface area contributed by atoms with Gasteiger partial charge >= 0.3 is 0 Å². The summed E-state index contributed by atoms with van der Waals surface area (Å²) in [7, 11) is 0. The fourth-order valence-electron chi connectivity index (χ4n) is 3.17. The Kier molecular flexibility index (Phi) is 4.59. The monoisotopic (exact) mass is 363 g/mol. The summed E-state index contributed by atoms with van der Waals surface area (Å²) in [6.07, 6.45) is 4.27. The van der Waals surface area contributed by atoms with Gasteiger partial charge in [0.15, 0.2) is 0 Å². The first kappa shape index (κ1) is 16.6. The molecule has 0 saturated carbocycles. The second-order valence-corrected chi connectivity index (χ2v) is 6.73. The molecule has 1 N–H and O–H groups in total. The van der Waals surface area contributed by atoms with E-state index in [0.29, 0.717) is 18.1 Å². The van der Waals surface area contributed by atoms with Crippen molar-refractivity contribution in [3.63, 3.8) is 0 Å². The number of hydrogen-bond acceptors (Lipinski definition) is 2. The molecular formula is C21H18ClN3O. The molecule has 1 amide bonds. The van der Waals surface area contributed by atoms with Gasteiger partial charge in [-0.25, -0.2) is 0 Å². The summed E-state index contributed by atoms with van der Waals surface area (Å²) in [5.41, 5.74) is 5.09. The van der Waals surface area contributed by atoms with E-state index in [9.17, 15) is 4.79 Å². The standard InChI is InChI=1S/C21H18ClN3O/c22-17-9-7-16(8-10-17)21-18-14-25(13-12-19(18)23-24-21)20(26)11-6-15-4-2-1-3-5-15/h1-11H,12-14H2,(H,23,24). The Hall–Kier alpha value is -2.85. The molecule has 0 fully saturated rings. The van der Waals surface area contributed by atoms with E-state index in [2.05, 4.69) is 10.2 Å². The van der Waals surface area contributed by atoms with Gasteiger partial charge in [-0.2, -0.15) is 5.10 Å². The van der Waals surface area contributed by atoms with Gasteiger partial charge in [-0.05, 0) is 23.8 Å². The SMILES string of the molecule is O=C(C=Cc1ccccc1)N1CCc2[nH]nc(-c3ccc(Cl)cc3)c2C1. The molecule has 4 rings (SSSR count). The zero-order valence-corrected chi connectivity index (χ0v) is 14.9. The van der Waals surface area contributed by atoms with Crippen molar-refractivity contribution in [1.29, 1.82) is 0 Å². The normalized spacial score (nSPS) is 13.8. The molecule has 0 radical (unpaired) electrons. The summed E-state index contributed by atoms with van der Waals surface area (Å²) in [6, 6.07) is 17.5. The van der Waals surface area contributed by atoms with Gasteiger partial charge in [0, 0.05) is 47.4 Å². The molecule has 2 heterocycles. The maximum absolute atomic E-state index is 12.6. The lowest BCUT2D eigenvalue weighted by atomic mass is 10.0. The second kappa shape index (κ2) is 7.18. The van der Waals surface area contributed by atoms with Crippen molar-refractivity contribution in [3.8, 4) is 11.3 Å². The lowest BCUT2D eigenvalue weighted by Crippen LogP contribution is -2.34. The summed E-state index contributed by atoms with van der Waals surface area (Å²) in [5.74, 6) is 0.0164. The summed E-state index contributed by atoms with van der Waals surface area (Å²) >= 11 is 5.98. The van der Waals surface area contributed by atoms with Crippen LogP contribution in [0.15, 0.2) is 60.7 Å². The van der Waals surface area contributed by atoms with E-state index in [-0.39, 0.29) is 5.91 Å². The summed E-state index contributed by atoms with van der Waals surface area (Å²) < 4.78 is 0. The molecule has 2 aromatic carbocycles. The van der Waals surface area contributed by atoms with Crippen molar-refractivity contribution in [2.45, 2.75) is 13.0 Å². The molecule has 4 nitrogen and oxygen atoms in total. The highest BCUT2D eigenvalue weighted by Gasteiger charge is 2.24. The predicted molar refractivity (Wildman–Crippen MR) is 104 cm³/mol. The van der Waals surface area contributed by atoms with E-state index < -0.39 is 0 Å². The zero-order valence-electron chi connectivity index (χ0n) is 14.2. The molecule has 0 bridgehead atoms. The Morgan fingerprint density at radius 1 is 1.12 bits per heavy atom. The molecule has 0 aliphatic carbocycles. The van der Waals surface area contributed by atoms with Crippen molar-refractivity contribution in [2.24, 2.45) is 0 Å². The van der Waals surface area contributed by atoms with Gasteiger partial charge in [-0.15, -0.1) is 0 Å². The van der Waals surface area contributed by atoms with E-state index in [0.717, 1.165) is 34.5 Å². The number of carbonyl (C=O) groups is 1. The van der Waals surface area contributed by atoms with Crippen LogP contribution in [-0.4, -0.2) is 27.5 Å². The lowest BCUT2D eigenvalue weighted by Gasteiger charge is -2.26. The zero-order chi connectivity index (χ0) is 17.9. The Labute approximate surface area is 157 Å². The fourth-order valence-corrected chi connectivity index (χ4v) is 3.29. The van der Waals surface area contributed by atoms with Crippen LogP contribution in [0.4, 0.5) is 0 Å². The third-order valence-electron chi connectivity index (χ3n) is 4.58. The first-order valence-corrected chi connectivity index (χ1v) is 8.92. The quantitative estimate of drug-likeness (QED) is 0.704. The number of fused-ring (bicyclic) bond motifs is 1. The molecule has 1 aliphatic heterocycles. The van der Waals surface area contributed by atoms with Crippen LogP contribution in [0.5, 0.6) is 0 Å². The number of benzene rings is 2. The molecule has 1 aromatic heterocycles. The molecule has 5 heteroatoms. The number of amides is 1. The van der Waals surface area contributed by atoms with Gasteiger partial charge in [0.2, 0.25) is 5.91 Å². The predicted octanol–water partition coefficient (Wildman–Crippen LogP) is 4.33. The van der Waals surface area contributed by atoms with Crippen LogP contribution >= 0.6 is 11.6 Å². The first-order valence-electron chi connectivity index (χ1n) is 8.55. The van der Waals surface area contributed by atoms with Gasteiger partial charge in [0.05, 0.1) is 5.69 Å². The first-order chi connectivity index (χ1) is 12.7. The lowest BCUT2D eigenvalue weighted by molar-refractivity contribution is -0.126.